The second kappa shape index (κ2) is 8.67. The maximum absolute atomic E-state index is 12.3. The van der Waals surface area contributed by atoms with Gasteiger partial charge >= 0.3 is 0 Å². The largest absolute Gasteiger partial charge is 0.459 e. The van der Waals surface area contributed by atoms with Crippen LogP contribution in [0.15, 0.2) is 47.1 Å². The maximum atomic E-state index is 12.3. The van der Waals surface area contributed by atoms with Gasteiger partial charge in [-0.2, -0.15) is 0 Å². The van der Waals surface area contributed by atoms with Crippen LogP contribution < -0.4 is 5.32 Å². The Balaban J connectivity index is 1.36. The number of nitrogens with one attached hydrogen (secondary N) is 1. The quantitative estimate of drug-likeness (QED) is 0.806. The number of carbonyl (C=O) groups excluding carboxylic acids is 2. The van der Waals surface area contributed by atoms with E-state index in [1.807, 2.05) is 11.0 Å². The summed E-state index contributed by atoms with van der Waals surface area (Å²) in [6.45, 7) is 5.72. The second-order valence-electron chi connectivity index (χ2n) is 6.57. The third-order valence-electron chi connectivity index (χ3n) is 4.58. The highest BCUT2D eigenvalue weighted by molar-refractivity contribution is 5.91. The molecule has 1 aromatic heterocycles. The monoisotopic (exact) mass is 355 g/mol. The third-order valence-corrected chi connectivity index (χ3v) is 4.58. The average Bonchev–Trinajstić information content (AvgIpc) is 3.19. The normalized spacial score (nSPS) is 14.5. The third kappa shape index (κ3) is 4.73. The van der Waals surface area contributed by atoms with Gasteiger partial charge < -0.3 is 19.5 Å². The number of hydrogen-bond acceptors (Lipinski definition) is 4. The first kappa shape index (κ1) is 18.2. The van der Waals surface area contributed by atoms with Crippen molar-refractivity contribution in [3.63, 3.8) is 0 Å². The first-order valence-corrected chi connectivity index (χ1v) is 9.00. The number of benzene rings is 1. The number of amides is 2. The Morgan fingerprint density at radius 2 is 1.85 bits per heavy atom. The van der Waals surface area contributed by atoms with Crippen LogP contribution in [0.25, 0.3) is 0 Å². The van der Waals surface area contributed by atoms with Gasteiger partial charge in [0.15, 0.2) is 5.76 Å². The molecule has 3 rings (SSSR count). The topological polar surface area (TPSA) is 65.8 Å². The van der Waals surface area contributed by atoms with Gasteiger partial charge in [-0.1, -0.05) is 29.8 Å². The summed E-state index contributed by atoms with van der Waals surface area (Å²) in [5.74, 6) is 0.374. The molecule has 138 valence electrons. The van der Waals surface area contributed by atoms with Crippen molar-refractivity contribution in [3.05, 3.63) is 59.5 Å². The van der Waals surface area contributed by atoms with E-state index in [0.717, 1.165) is 6.54 Å². The smallest absolute Gasteiger partial charge is 0.289 e. The predicted molar refractivity (Wildman–Crippen MR) is 98.7 cm³/mol. The predicted octanol–water partition coefficient (Wildman–Crippen LogP) is 2.05. The van der Waals surface area contributed by atoms with Crippen LogP contribution in [0.3, 0.4) is 0 Å². The van der Waals surface area contributed by atoms with E-state index in [9.17, 15) is 9.59 Å². The Kier molecular flexibility index (Phi) is 6.07. The molecule has 0 radical (unpaired) electrons. The van der Waals surface area contributed by atoms with Gasteiger partial charge in [0, 0.05) is 45.7 Å². The number of hydrogen-bond donors (Lipinski definition) is 1. The standard InChI is InChI=1S/C20H25N3O3/c1-16-4-2-5-17(14-16)15-21-8-7-19(24)22-9-11-23(12-10-22)20(25)18-6-3-13-26-18/h2-6,13-14,21H,7-12,15H2,1H3. The minimum Gasteiger partial charge on any atom is -0.459 e. The molecule has 6 heteroatoms. The van der Waals surface area contributed by atoms with E-state index in [-0.39, 0.29) is 11.8 Å². The summed E-state index contributed by atoms with van der Waals surface area (Å²) >= 11 is 0. The minimum absolute atomic E-state index is 0.109. The number of furan rings is 1. The first-order valence-electron chi connectivity index (χ1n) is 9.00. The molecule has 2 heterocycles. The number of carbonyl (C=O) groups is 2. The van der Waals surface area contributed by atoms with Gasteiger partial charge in [0.25, 0.3) is 5.91 Å². The van der Waals surface area contributed by atoms with Crippen LogP contribution in [-0.4, -0.2) is 54.3 Å². The SMILES string of the molecule is Cc1cccc(CNCCC(=O)N2CCN(C(=O)c3ccco3)CC2)c1. The molecule has 0 aliphatic carbocycles. The van der Waals surface area contributed by atoms with Gasteiger partial charge in [0.2, 0.25) is 5.91 Å². The molecular weight excluding hydrogens is 330 g/mol. The average molecular weight is 355 g/mol. The van der Waals surface area contributed by atoms with Crippen LogP contribution in [-0.2, 0) is 11.3 Å². The molecule has 2 amide bonds. The fourth-order valence-corrected chi connectivity index (χ4v) is 3.12. The summed E-state index contributed by atoms with van der Waals surface area (Å²) in [5, 5.41) is 3.32. The maximum Gasteiger partial charge on any atom is 0.289 e. The molecule has 0 bridgehead atoms. The number of piperazine rings is 1. The first-order chi connectivity index (χ1) is 12.6. The molecule has 0 spiro atoms. The van der Waals surface area contributed by atoms with Crippen molar-refractivity contribution in [3.8, 4) is 0 Å². The lowest BCUT2D eigenvalue weighted by molar-refractivity contribution is -0.132. The van der Waals surface area contributed by atoms with Crippen LogP contribution >= 0.6 is 0 Å². The lowest BCUT2D eigenvalue weighted by Crippen LogP contribution is -2.50. The van der Waals surface area contributed by atoms with Gasteiger partial charge in [0.05, 0.1) is 6.26 Å². The van der Waals surface area contributed by atoms with Gasteiger partial charge in [-0.3, -0.25) is 9.59 Å². The molecular formula is C20H25N3O3. The van der Waals surface area contributed by atoms with Crippen molar-refractivity contribution in [2.24, 2.45) is 0 Å². The highest BCUT2D eigenvalue weighted by Crippen LogP contribution is 2.10. The molecule has 1 saturated heterocycles. The van der Waals surface area contributed by atoms with Crippen molar-refractivity contribution < 1.29 is 14.0 Å². The van der Waals surface area contributed by atoms with E-state index in [2.05, 4.69) is 30.4 Å². The molecule has 0 atom stereocenters. The van der Waals surface area contributed by atoms with Crippen molar-refractivity contribution >= 4 is 11.8 Å². The van der Waals surface area contributed by atoms with Gasteiger partial charge in [-0.25, -0.2) is 0 Å². The van der Waals surface area contributed by atoms with Gasteiger partial charge in [-0.15, -0.1) is 0 Å². The summed E-state index contributed by atoms with van der Waals surface area (Å²) in [4.78, 5) is 28.1. The Bertz CT molecular complexity index is 735. The van der Waals surface area contributed by atoms with E-state index in [1.54, 1.807) is 17.0 Å². The molecule has 1 aromatic carbocycles. The number of nitrogens with zero attached hydrogens (tertiary/aromatic N) is 2. The van der Waals surface area contributed by atoms with Crippen molar-refractivity contribution in [2.45, 2.75) is 19.9 Å². The Morgan fingerprint density at radius 1 is 1.08 bits per heavy atom. The van der Waals surface area contributed by atoms with E-state index in [1.165, 1.54) is 17.4 Å². The van der Waals surface area contributed by atoms with Gasteiger partial charge in [0.1, 0.15) is 0 Å². The summed E-state index contributed by atoms with van der Waals surface area (Å²) in [7, 11) is 0. The molecule has 26 heavy (non-hydrogen) atoms. The molecule has 0 unspecified atom stereocenters. The number of aryl methyl sites for hydroxylation is 1. The van der Waals surface area contributed by atoms with Crippen LogP contribution in [0.1, 0.15) is 28.1 Å². The molecule has 0 saturated carbocycles. The number of rotatable bonds is 6. The van der Waals surface area contributed by atoms with Crippen LogP contribution in [0.2, 0.25) is 0 Å². The fraction of sp³-hybridized carbons (Fsp3) is 0.400. The van der Waals surface area contributed by atoms with Crippen LogP contribution in [0.4, 0.5) is 0 Å². The molecule has 2 aromatic rings. The molecule has 1 aliphatic heterocycles. The summed E-state index contributed by atoms with van der Waals surface area (Å²) in [6, 6.07) is 11.7. The Labute approximate surface area is 153 Å². The summed E-state index contributed by atoms with van der Waals surface area (Å²) in [5.41, 5.74) is 2.46. The van der Waals surface area contributed by atoms with E-state index in [0.29, 0.717) is 44.9 Å². The minimum atomic E-state index is -0.109. The zero-order valence-corrected chi connectivity index (χ0v) is 15.1. The Morgan fingerprint density at radius 3 is 2.54 bits per heavy atom. The summed E-state index contributed by atoms with van der Waals surface area (Å²) < 4.78 is 5.15. The lowest BCUT2D eigenvalue weighted by atomic mass is 10.1. The van der Waals surface area contributed by atoms with E-state index in [4.69, 9.17) is 4.42 Å². The van der Waals surface area contributed by atoms with Gasteiger partial charge in [-0.05, 0) is 24.6 Å². The molecule has 6 nitrogen and oxygen atoms in total. The zero-order chi connectivity index (χ0) is 18.4. The van der Waals surface area contributed by atoms with Crippen molar-refractivity contribution in [1.82, 2.24) is 15.1 Å². The molecule has 1 N–H and O–H groups in total. The zero-order valence-electron chi connectivity index (χ0n) is 15.1. The lowest BCUT2D eigenvalue weighted by Gasteiger charge is -2.34. The van der Waals surface area contributed by atoms with Crippen molar-refractivity contribution in [1.29, 1.82) is 0 Å². The van der Waals surface area contributed by atoms with E-state index < -0.39 is 0 Å². The molecule has 1 aliphatic rings. The van der Waals surface area contributed by atoms with Crippen molar-refractivity contribution in [2.75, 3.05) is 32.7 Å². The van der Waals surface area contributed by atoms with Crippen LogP contribution in [0.5, 0.6) is 0 Å². The second-order valence-corrected chi connectivity index (χ2v) is 6.57. The van der Waals surface area contributed by atoms with E-state index >= 15 is 0 Å². The van der Waals surface area contributed by atoms with Crippen LogP contribution in [0, 0.1) is 6.92 Å². The Hall–Kier alpha value is -2.60. The highest BCUT2D eigenvalue weighted by Gasteiger charge is 2.25. The fourth-order valence-electron chi connectivity index (χ4n) is 3.12. The summed E-state index contributed by atoms with van der Waals surface area (Å²) in [6.07, 6.45) is 1.97. The highest BCUT2D eigenvalue weighted by atomic mass is 16.3. The molecule has 1 fully saturated rings.